The summed E-state index contributed by atoms with van der Waals surface area (Å²) in [5.74, 6) is 0. The number of hydrogen-bond donors (Lipinski definition) is 1. The molecule has 0 aromatic carbocycles. The van der Waals surface area contributed by atoms with Crippen molar-refractivity contribution in [2.75, 3.05) is 0 Å². The Hall–Kier alpha value is -2.04. The van der Waals surface area contributed by atoms with Crippen LogP contribution < -0.4 is 5.32 Å². The summed E-state index contributed by atoms with van der Waals surface area (Å²) in [7, 11) is 0. The summed E-state index contributed by atoms with van der Waals surface area (Å²) in [5, 5.41) is 3.58. The van der Waals surface area contributed by atoms with Crippen molar-refractivity contribution in [1.82, 2.24) is 20.3 Å². The highest BCUT2D eigenvalue weighted by atomic mass is 16.1. The van der Waals surface area contributed by atoms with E-state index in [9.17, 15) is 4.79 Å². The number of nitrogens with one attached hydrogen (secondary N) is 1. The van der Waals surface area contributed by atoms with Crippen LogP contribution in [0.4, 0.5) is 0 Å². The number of fused-ring (bicyclic) bond motifs is 1. The normalized spacial score (nSPS) is 11.4. The molecule has 0 radical (unpaired) electrons. The lowest BCUT2D eigenvalue weighted by molar-refractivity contribution is -0.111. The molecule has 2 aromatic rings. The van der Waals surface area contributed by atoms with Gasteiger partial charge in [0.2, 0.25) is 6.41 Å². The van der Waals surface area contributed by atoms with Gasteiger partial charge in [-0.05, 0) is 26.0 Å². The number of carbonyl (C=O) groups excluding carboxylic acids is 1. The summed E-state index contributed by atoms with van der Waals surface area (Å²) in [6.45, 7) is 3.77. The Morgan fingerprint density at radius 1 is 1.31 bits per heavy atom. The average Bonchev–Trinajstić information content (AvgIpc) is 2.28. The minimum absolute atomic E-state index is 0.536. The number of pyridine rings is 1. The zero-order valence-corrected chi connectivity index (χ0v) is 9.14. The largest absolute Gasteiger partial charge is 0.348 e. The monoisotopic (exact) mass is 216 g/mol. The van der Waals surface area contributed by atoms with Crippen LogP contribution in [-0.4, -0.2) is 21.4 Å². The van der Waals surface area contributed by atoms with Gasteiger partial charge in [-0.25, -0.2) is 15.0 Å². The Morgan fingerprint density at radius 2 is 2.12 bits per heavy atom. The third kappa shape index (κ3) is 1.71. The number of rotatable bonds is 3. The smallest absolute Gasteiger partial charge is 0.207 e. The molecule has 0 aliphatic heterocycles. The lowest BCUT2D eigenvalue weighted by Crippen LogP contribution is -2.36. The Morgan fingerprint density at radius 3 is 2.88 bits per heavy atom. The fraction of sp³-hybridized carbons (Fsp3) is 0.273. The maximum atomic E-state index is 10.6. The highest BCUT2D eigenvalue weighted by Gasteiger charge is 2.23. The fourth-order valence-corrected chi connectivity index (χ4v) is 1.61. The van der Waals surface area contributed by atoms with Gasteiger partial charge >= 0.3 is 0 Å². The van der Waals surface area contributed by atoms with Crippen LogP contribution in [0.3, 0.4) is 0 Å². The Kier molecular flexibility index (Phi) is 2.52. The zero-order chi connectivity index (χ0) is 11.6. The van der Waals surface area contributed by atoms with E-state index in [1.54, 1.807) is 6.20 Å². The Labute approximate surface area is 92.9 Å². The van der Waals surface area contributed by atoms with E-state index < -0.39 is 5.54 Å². The first-order valence-electron chi connectivity index (χ1n) is 4.93. The van der Waals surface area contributed by atoms with Crippen LogP contribution in [-0.2, 0) is 10.3 Å². The quantitative estimate of drug-likeness (QED) is 0.777. The summed E-state index contributed by atoms with van der Waals surface area (Å²) < 4.78 is 0. The van der Waals surface area contributed by atoms with E-state index in [1.165, 1.54) is 6.33 Å². The molecule has 2 aromatic heterocycles. The highest BCUT2D eigenvalue weighted by molar-refractivity contribution is 5.78. The van der Waals surface area contributed by atoms with Gasteiger partial charge in [0.15, 0.2) is 5.65 Å². The third-order valence-corrected chi connectivity index (χ3v) is 2.42. The number of hydrogen-bond acceptors (Lipinski definition) is 4. The van der Waals surface area contributed by atoms with Crippen LogP contribution in [0.25, 0.3) is 11.0 Å². The number of aromatic nitrogens is 3. The van der Waals surface area contributed by atoms with Crippen molar-refractivity contribution in [3.63, 3.8) is 0 Å². The second-order valence-electron chi connectivity index (χ2n) is 3.98. The Bertz CT molecular complexity index is 519. The summed E-state index contributed by atoms with van der Waals surface area (Å²) in [6.07, 6.45) is 3.81. The number of nitrogens with zero attached hydrogens (tertiary/aromatic N) is 3. The summed E-state index contributed by atoms with van der Waals surface area (Å²) in [4.78, 5) is 23.0. The van der Waals surface area contributed by atoms with Gasteiger partial charge < -0.3 is 5.32 Å². The van der Waals surface area contributed by atoms with Gasteiger partial charge in [0.25, 0.3) is 0 Å². The molecule has 0 bridgehead atoms. The first kappa shape index (κ1) is 10.5. The van der Waals surface area contributed by atoms with Crippen LogP contribution in [0.2, 0.25) is 0 Å². The van der Waals surface area contributed by atoms with Crippen molar-refractivity contribution < 1.29 is 4.79 Å². The molecule has 2 heterocycles. The van der Waals surface area contributed by atoms with E-state index in [0.29, 0.717) is 12.1 Å². The molecule has 0 saturated heterocycles. The van der Waals surface area contributed by atoms with Gasteiger partial charge in [0, 0.05) is 11.6 Å². The second kappa shape index (κ2) is 3.84. The molecule has 0 atom stereocenters. The number of carbonyl (C=O) groups is 1. The molecule has 16 heavy (non-hydrogen) atoms. The molecule has 82 valence electrons. The highest BCUT2D eigenvalue weighted by Crippen LogP contribution is 2.23. The van der Waals surface area contributed by atoms with Crippen molar-refractivity contribution in [1.29, 1.82) is 0 Å². The van der Waals surface area contributed by atoms with E-state index in [0.717, 1.165) is 11.1 Å². The minimum atomic E-state index is -0.536. The molecule has 0 saturated carbocycles. The molecule has 0 aliphatic carbocycles. The average molecular weight is 216 g/mol. The van der Waals surface area contributed by atoms with Crippen molar-refractivity contribution >= 4 is 17.4 Å². The maximum absolute atomic E-state index is 10.6. The summed E-state index contributed by atoms with van der Waals surface area (Å²) in [6, 6.07) is 3.72. The van der Waals surface area contributed by atoms with Crippen LogP contribution in [0, 0.1) is 0 Å². The van der Waals surface area contributed by atoms with Crippen LogP contribution in [0.5, 0.6) is 0 Å². The van der Waals surface area contributed by atoms with Gasteiger partial charge in [-0.3, -0.25) is 4.79 Å². The van der Waals surface area contributed by atoms with Gasteiger partial charge in [0.05, 0.1) is 11.2 Å². The van der Waals surface area contributed by atoms with E-state index in [1.807, 2.05) is 26.0 Å². The maximum Gasteiger partial charge on any atom is 0.207 e. The molecular weight excluding hydrogens is 204 g/mol. The standard InChI is InChI=1S/C11H12N4O/c1-11(2,15-7-16)9-8-4-3-5-12-10(8)14-6-13-9/h3-7H,1-2H3,(H,15,16). The summed E-state index contributed by atoms with van der Waals surface area (Å²) >= 11 is 0. The van der Waals surface area contributed by atoms with Crippen molar-refractivity contribution in [2.24, 2.45) is 0 Å². The molecule has 5 heteroatoms. The lowest BCUT2D eigenvalue weighted by Gasteiger charge is -2.23. The first-order chi connectivity index (χ1) is 7.65. The molecule has 5 nitrogen and oxygen atoms in total. The van der Waals surface area contributed by atoms with Crippen molar-refractivity contribution in [3.8, 4) is 0 Å². The SMILES string of the molecule is CC(C)(NC=O)c1ncnc2ncccc12. The Balaban J connectivity index is 2.64. The topological polar surface area (TPSA) is 67.8 Å². The zero-order valence-electron chi connectivity index (χ0n) is 9.14. The fourth-order valence-electron chi connectivity index (χ4n) is 1.61. The predicted octanol–water partition coefficient (Wildman–Crippen LogP) is 1.01. The number of amides is 1. The molecular formula is C11H12N4O. The predicted molar refractivity (Wildman–Crippen MR) is 59.6 cm³/mol. The molecule has 0 aliphatic rings. The van der Waals surface area contributed by atoms with Gasteiger partial charge in [-0.15, -0.1) is 0 Å². The van der Waals surface area contributed by atoms with E-state index in [2.05, 4.69) is 20.3 Å². The van der Waals surface area contributed by atoms with Gasteiger partial charge in [-0.2, -0.15) is 0 Å². The first-order valence-corrected chi connectivity index (χ1v) is 4.93. The molecule has 1 amide bonds. The molecule has 0 unspecified atom stereocenters. The van der Waals surface area contributed by atoms with E-state index in [4.69, 9.17) is 0 Å². The van der Waals surface area contributed by atoms with Gasteiger partial charge in [-0.1, -0.05) is 0 Å². The van der Waals surface area contributed by atoms with Crippen molar-refractivity contribution in [2.45, 2.75) is 19.4 Å². The molecule has 0 spiro atoms. The second-order valence-corrected chi connectivity index (χ2v) is 3.98. The third-order valence-electron chi connectivity index (χ3n) is 2.42. The molecule has 2 rings (SSSR count). The molecule has 1 N–H and O–H groups in total. The van der Waals surface area contributed by atoms with Gasteiger partial charge in [0.1, 0.15) is 6.33 Å². The van der Waals surface area contributed by atoms with Crippen molar-refractivity contribution in [3.05, 3.63) is 30.4 Å². The lowest BCUT2D eigenvalue weighted by atomic mass is 9.98. The van der Waals surface area contributed by atoms with E-state index >= 15 is 0 Å². The van der Waals surface area contributed by atoms with E-state index in [-0.39, 0.29) is 0 Å². The van der Waals surface area contributed by atoms with Crippen LogP contribution in [0.15, 0.2) is 24.7 Å². The summed E-state index contributed by atoms with van der Waals surface area (Å²) in [5.41, 5.74) is 0.859. The molecule has 0 fully saturated rings. The minimum Gasteiger partial charge on any atom is -0.348 e. The van der Waals surface area contributed by atoms with Crippen LogP contribution in [0.1, 0.15) is 19.5 Å². The van der Waals surface area contributed by atoms with Crippen LogP contribution >= 0.6 is 0 Å².